The minimum Gasteiger partial charge on any atom is -0.378 e. The van der Waals surface area contributed by atoms with Gasteiger partial charge < -0.3 is 5.32 Å². The Hall–Kier alpha value is -1.36. The molecule has 1 heterocycles. The standard InChI is InChI=1S/C18H15FIN/c19-16-7-2-1-4-14(16)18-13-6-3-5-12(13)15-10-11(20)8-9-17(15)21-18/h1-5,7-10,12-13,18,21H,6H2/t12-,13-,18-/m0/s1. The Bertz CT molecular complexity index is 725. The SMILES string of the molecule is Fc1ccccc1[C@H]1Nc2ccc(I)cc2[C@H]2C=CC[C@@H]21. The molecule has 4 rings (SSSR count). The van der Waals surface area contributed by atoms with Crippen LogP contribution in [0.1, 0.15) is 29.5 Å². The molecule has 2 aromatic rings. The Morgan fingerprint density at radius 3 is 2.81 bits per heavy atom. The van der Waals surface area contributed by atoms with E-state index in [1.807, 2.05) is 12.1 Å². The molecule has 0 spiro atoms. The number of anilines is 1. The second-order valence-electron chi connectivity index (χ2n) is 5.73. The van der Waals surface area contributed by atoms with Crippen molar-refractivity contribution in [2.45, 2.75) is 18.4 Å². The van der Waals surface area contributed by atoms with Crippen LogP contribution in [0.3, 0.4) is 0 Å². The van der Waals surface area contributed by atoms with Gasteiger partial charge in [-0.15, -0.1) is 0 Å². The van der Waals surface area contributed by atoms with Gasteiger partial charge in [0.2, 0.25) is 0 Å². The number of rotatable bonds is 1. The monoisotopic (exact) mass is 391 g/mol. The van der Waals surface area contributed by atoms with E-state index >= 15 is 0 Å². The Kier molecular flexibility index (Phi) is 3.25. The molecule has 0 unspecified atom stereocenters. The molecule has 1 aliphatic carbocycles. The maximum Gasteiger partial charge on any atom is 0.128 e. The van der Waals surface area contributed by atoms with E-state index in [0.717, 1.165) is 17.7 Å². The fourth-order valence-corrected chi connectivity index (χ4v) is 4.12. The number of benzene rings is 2. The van der Waals surface area contributed by atoms with Gasteiger partial charge in [-0.1, -0.05) is 30.4 Å². The third-order valence-electron chi connectivity index (χ3n) is 4.57. The van der Waals surface area contributed by atoms with Crippen LogP contribution in [0.2, 0.25) is 0 Å². The first-order valence-electron chi connectivity index (χ1n) is 7.21. The quantitative estimate of drug-likeness (QED) is 0.517. The average molecular weight is 391 g/mol. The van der Waals surface area contributed by atoms with Crippen molar-refractivity contribution in [1.29, 1.82) is 0 Å². The normalized spacial score (nSPS) is 26.1. The van der Waals surface area contributed by atoms with Crippen molar-refractivity contribution in [2.24, 2.45) is 5.92 Å². The van der Waals surface area contributed by atoms with Crippen molar-refractivity contribution in [3.63, 3.8) is 0 Å². The highest BCUT2D eigenvalue weighted by Gasteiger charge is 2.38. The van der Waals surface area contributed by atoms with Crippen LogP contribution in [0.15, 0.2) is 54.6 Å². The lowest BCUT2D eigenvalue weighted by Gasteiger charge is -2.37. The Morgan fingerprint density at radius 2 is 1.95 bits per heavy atom. The highest BCUT2D eigenvalue weighted by molar-refractivity contribution is 14.1. The molecule has 2 aliphatic rings. The summed E-state index contributed by atoms with van der Waals surface area (Å²) in [5.41, 5.74) is 3.25. The fourth-order valence-electron chi connectivity index (χ4n) is 3.60. The molecule has 21 heavy (non-hydrogen) atoms. The van der Waals surface area contributed by atoms with Gasteiger partial charge in [-0.2, -0.15) is 0 Å². The summed E-state index contributed by atoms with van der Waals surface area (Å²) in [4.78, 5) is 0. The van der Waals surface area contributed by atoms with Gasteiger partial charge in [0.25, 0.3) is 0 Å². The second-order valence-corrected chi connectivity index (χ2v) is 6.97. The summed E-state index contributed by atoms with van der Waals surface area (Å²) < 4.78 is 15.5. The lowest BCUT2D eigenvalue weighted by molar-refractivity contribution is 0.413. The molecule has 0 bridgehead atoms. The van der Waals surface area contributed by atoms with Gasteiger partial charge >= 0.3 is 0 Å². The van der Waals surface area contributed by atoms with E-state index in [-0.39, 0.29) is 11.9 Å². The zero-order valence-electron chi connectivity index (χ0n) is 11.4. The first kappa shape index (κ1) is 13.3. The van der Waals surface area contributed by atoms with Crippen molar-refractivity contribution in [1.82, 2.24) is 0 Å². The van der Waals surface area contributed by atoms with Crippen LogP contribution in [-0.4, -0.2) is 0 Å². The van der Waals surface area contributed by atoms with Crippen molar-refractivity contribution in [3.8, 4) is 0 Å². The largest absolute Gasteiger partial charge is 0.378 e. The van der Waals surface area contributed by atoms with Gasteiger partial charge in [0.1, 0.15) is 5.82 Å². The predicted molar refractivity (Wildman–Crippen MR) is 91.9 cm³/mol. The van der Waals surface area contributed by atoms with Gasteiger partial charge in [-0.05, 0) is 64.8 Å². The van der Waals surface area contributed by atoms with Crippen molar-refractivity contribution < 1.29 is 4.39 Å². The molecular formula is C18H15FIN. The molecular weight excluding hydrogens is 376 g/mol. The Balaban J connectivity index is 1.82. The van der Waals surface area contributed by atoms with Crippen molar-refractivity contribution in [2.75, 3.05) is 5.32 Å². The van der Waals surface area contributed by atoms with Crippen LogP contribution < -0.4 is 5.32 Å². The van der Waals surface area contributed by atoms with Crippen molar-refractivity contribution >= 4 is 28.3 Å². The van der Waals surface area contributed by atoms with Gasteiger partial charge in [-0.25, -0.2) is 4.39 Å². The molecule has 0 radical (unpaired) electrons. The van der Waals surface area contributed by atoms with Crippen LogP contribution in [-0.2, 0) is 0 Å². The number of hydrogen-bond donors (Lipinski definition) is 1. The topological polar surface area (TPSA) is 12.0 Å². The lowest BCUT2D eigenvalue weighted by atomic mass is 9.77. The van der Waals surface area contributed by atoms with Crippen LogP contribution in [0.5, 0.6) is 0 Å². The minimum absolute atomic E-state index is 0.0405. The summed E-state index contributed by atoms with van der Waals surface area (Å²) in [7, 11) is 0. The van der Waals surface area contributed by atoms with Crippen LogP contribution in [0, 0.1) is 15.3 Å². The van der Waals surface area contributed by atoms with E-state index in [4.69, 9.17) is 0 Å². The minimum atomic E-state index is -0.116. The van der Waals surface area contributed by atoms with E-state index in [0.29, 0.717) is 11.8 Å². The maximum absolute atomic E-state index is 14.2. The van der Waals surface area contributed by atoms with Crippen LogP contribution >= 0.6 is 22.6 Å². The van der Waals surface area contributed by atoms with E-state index in [2.05, 4.69) is 58.3 Å². The summed E-state index contributed by atoms with van der Waals surface area (Å²) >= 11 is 2.35. The molecule has 1 nitrogen and oxygen atoms in total. The van der Waals surface area contributed by atoms with Crippen LogP contribution in [0.25, 0.3) is 0 Å². The van der Waals surface area contributed by atoms with Crippen molar-refractivity contribution in [3.05, 3.63) is 75.1 Å². The summed E-state index contributed by atoms with van der Waals surface area (Å²) in [6.45, 7) is 0. The van der Waals surface area contributed by atoms with E-state index in [1.165, 1.54) is 9.13 Å². The van der Waals surface area contributed by atoms with E-state index in [9.17, 15) is 4.39 Å². The molecule has 1 N–H and O–H groups in total. The number of halogens is 2. The molecule has 0 amide bonds. The number of fused-ring (bicyclic) bond motifs is 3. The Morgan fingerprint density at radius 1 is 1.10 bits per heavy atom. The van der Waals surface area contributed by atoms with E-state index in [1.54, 1.807) is 12.1 Å². The molecule has 0 aromatic heterocycles. The summed E-state index contributed by atoms with van der Waals surface area (Å²) in [6, 6.07) is 13.6. The van der Waals surface area contributed by atoms with Gasteiger partial charge in [0.15, 0.2) is 0 Å². The average Bonchev–Trinajstić information content (AvgIpc) is 2.97. The molecule has 0 saturated heterocycles. The molecule has 3 atom stereocenters. The molecule has 1 aliphatic heterocycles. The van der Waals surface area contributed by atoms with Gasteiger partial charge in [-0.3, -0.25) is 0 Å². The number of hydrogen-bond acceptors (Lipinski definition) is 1. The highest BCUT2D eigenvalue weighted by atomic mass is 127. The first-order valence-corrected chi connectivity index (χ1v) is 8.29. The fraction of sp³-hybridized carbons (Fsp3) is 0.222. The summed E-state index contributed by atoms with van der Waals surface area (Å²) in [6.07, 6.45) is 5.52. The van der Waals surface area contributed by atoms with Gasteiger partial charge in [0.05, 0.1) is 6.04 Å². The smallest absolute Gasteiger partial charge is 0.128 e. The molecule has 106 valence electrons. The lowest BCUT2D eigenvalue weighted by Crippen LogP contribution is -2.29. The number of nitrogens with one attached hydrogen (secondary N) is 1. The zero-order valence-corrected chi connectivity index (χ0v) is 13.5. The zero-order chi connectivity index (χ0) is 14.4. The summed E-state index contributed by atoms with van der Waals surface area (Å²) in [5, 5.41) is 3.57. The molecule has 0 fully saturated rings. The summed E-state index contributed by atoms with van der Waals surface area (Å²) in [5.74, 6) is 0.669. The molecule has 3 heteroatoms. The molecule has 0 saturated carbocycles. The second kappa shape index (κ2) is 5.13. The molecule has 2 aromatic carbocycles. The van der Waals surface area contributed by atoms with Crippen LogP contribution in [0.4, 0.5) is 10.1 Å². The van der Waals surface area contributed by atoms with Gasteiger partial charge in [0, 0.05) is 20.7 Å². The predicted octanol–water partition coefficient (Wildman–Crippen LogP) is 5.26. The van der Waals surface area contributed by atoms with E-state index < -0.39 is 0 Å². The third-order valence-corrected chi connectivity index (χ3v) is 5.24. The number of allylic oxidation sites excluding steroid dienone is 2. The Labute approximate surface area is 137 Å². The third kappa shape index (κ3) is 2.18. The highest BCUT2D eigenvalue weighted by Crippen LogP contribution is 2.50. The first-order chi connectivity index (χ1) is 10.2. The maximum atomic E-state index is 14.2.